The Bertz CT molecular complexity index is 419. The number of carbonyl (C=O) groups excluding carboxylic acids is 1. The van der Waals surface area contributed by atoms with E-state index >= 15 is 0 Å². The van der Waals surface area contributed by atoms with Crippen LogP contribution in [0, 0.1) is 0 Å². The number of anilines is 2. The van der Waals surface area contributed by atoms with Crippen LogP contribution in [-0.2, 0) is 4.79 Å². The number of rotatable bonds is 6. The second-order valence-corrected chi connectivity index (χ2v) is 4.85. The molecule has 106 valence electrons. The van der Waals surface area contributed by atoms with E-state index in [9.17, 15) is 4.79 Å². The van der Waals surface area contributed by atoms with Crippen LogP contribution in [0.25, 0.3) is 0 Å². The number of aromatic nitrogens is 2. The summed E-state index contributed by atoms with van der Waals surface area (Å²) in [4.78, 5) is 24.2. The number of amides is 1. The lowest BCUT2D eigenvalue weighted by molar-refractivity contribution is -0.120. The molecule has 1 amide bonds. The summed E-state index contributed by atoms with van der Waals surface area (Å²) in [6, 6.07) is 1.98. The number of carbonyl (C=O) groups is 1. The predicted octanol–water partition coefficient (Wildman–Crippen LogP) is 0.893. The van der Waals surface area contributed by atoms with E-state index in [0.29, 0.717) is 12.5 Å². The standard InChI is InChI=1S/C13H23N5O/c1-6-18(9-12(19)15-10(2)3)13-14-8-7-11(16-13)17(4)5/h7-8,10H,6,9H2,1-5H3,(H,15,19). The molecule has 0 atom stereocenters. The molecule has 1 heterocycles. The quantitative estimate of drug-likeness (QED) is 0.828. The molecule has 0 spiro atoms. The lowest BCUT2D eigenvalue weighted by atomic mass is 10.4. The van der Waals surface area contributed by atoms with Crippen molar-refractivity contribution in [3.8, 4) is 0 Å². The van der Waals surface area contributed by atoms with Gasteiger partial charge in [0, 0.05) is 32.9 Å². The Morgan fingerprint density at radius 2 is 2.11 bits per heavy atom. The fourth-order valence-corrected chi connectivity index (χ4v) is 1.61. The van der Waals surface area contributed by atoms with Crippen LogP contribution < -0.4 is 15.1 Å². The topological polar surface area (TPSA) is 61.4 Å². The smallest absolute Gasteiger partial charge is 0.239 e. The minimum Gasteiger partial charge on any atom is -0.363 e. The first-order valence-electron chi connectivity index (χ1n) is 6.48. The summed E-state index contributed by atoms with van der Waals surface area (Å²) in [5, 5.41) is 2.87. The van der Waals surface area contributed by atoms with Crippen LogP contribution in [0.4, 0.5) is 11.8 Å². The number of hydrogen-bond donors (Lipinski definition) is 1. The molecule has 6 heteroatoms. The zero-order valence-corrected chi connectivity index (χ0v) is 12.3. The minimum absolute atomic E-state index is 0.0179. The van der Waals surface area contributed by atoms with E-state index in [1.807, 2.05) is 50.7 Å². The molecule has 1 rings (SSSR count). The molecular weight excluding hydrogens is 242 g/mol. The summed E-state index contributed by atoms with van der Waals surface area (Å²) in [5.74, 6) is 1.39. The highest BCUT2D eigenvalue weighted by molar-refractivity contribution is 5.81. The third-order valence-corrected chi connectivity index (χ3v) is 2.54. The first-order chi connectivity index (χ1) is 8.93. The lowest BCUT2D eigenvalue weighted by Gasteiger charge is -2.22. The molecule has 0 aromatic carbocycles. The average Bonchev–Trinajstić information content (AvgIpc) is 2.35. The fraction of sp³-hybridized carbons (Fsp3) is 0.615. The van der Waals surface area contributed by atoms with E-state index in [1.54, 1.807) is 6.20 Å². The van der Waals surface area contributed by atoms with E-state index in [0.717, 1.165) is 5.82 Å². The number of nitrogens with one attached hydrogen (secondary N) is 1. The zero-order chi connectivity index (χ0) is 14.4. The Morgan fingerprint density at radius 3 is 2.63 bits per heavy atom. The third kappa shape index (κ3) is 4.73. The summed E-state index contributed by atoms with van der Waals surface area (Å²) in [6.45, 7) is 6.82. The van der Waals surface area contributed by atoms with Crippen molar-refractivity contribution in [3.05, 3.63) is 12.3 Å². The molecule has 0 aliphatic heterocycles. The number of likely N-dealkylation sites (N-methyl/N-ethyl adjacent to an activating group) is 1. The molecule has 0 unspecified atom stereocenters. The largest absolute Gasteiger partial charge is 0.363 e. The molecule has 0 saturated heterocycles. The molecular formula is C13H23N5O. The maximum absolute atomic E-state index is 11.8. The van der Waals surface area contributed by atoms with Crippen molar-refractivity contribution >= 4 is 17.7 Å². The third-order valence-electron chi connectivity index (χ3n) is 2.54. The molecule has 6 nitrogen and oxygen atoms in total. The minimum atomic E-state index is -0.0179. The Kier molecular flexibility index (Phi) is 5.54. The van der Waals surface area contributed by atoms with Crippen molar-refractivity contribution in [3.63, 3.8) is 0 Å². The van der Waals surface area contributed by atoms with Gasteiger partial charge in [-0.2, -0.15) is 4.98 Å². The van der Waals surface area contributed by atoms with Gasteiger partial charge in [0.1, 0.15) is 5.82 Å². The van der Waals surface area contributed by atoms with Gasteiger partial charge < -0.3 is 15.1 Å². The SMILES string of the molecule is CCN(CC(=O)NC(C)C)c1nccc(N(C)C)n1. The number of hydrogen-bond acceptors (Lipinski definition) is 5. The molecule has 0 bridgehead atoms. The van der Waals surface area contributed by atoms with Crippen molar-refractivity contribution < 1.29 is 4.79 Å². The van der Waals surface area contributed by atoms with Gasteiger partial charge in [-0.05, 0) is 26.8 Å². The summed E-state index contributed by atoms with van der Waals surface area (Å²) in [5.41, 5.74) is 0. The van der Waals surface area contributed by atoms with Gasteiger partial charge in [0.05, 0.1) is 6.54 Å². The molecule has 1 aromatic heterocycles. The van der Waals surface area contributed by atoms with Crippen LogP contribution in [0.15, 0.2) is 12.3 Å². The molecule has 0 aliphatic carbocycles. The summed E-state index contributed by atoms with van der Waals surface area (Å²) in [6.07, 6.45) is 1.71. The van der Waals surface area contributed by atoms with Crippen molar-refractivity contribution in [2.75, 3.05) is 37.0 Å². The second-order valence-electron chi connectivity index (χ2n) is 4.85. The first-order valence-corrected chi connectivity index (χ1v) is 6.48. The Morgan fingerprint density at radius 1 is 1.42 bits per heavy atom. The van der Waals surface area contributed by atoms with Gasteiger partial charge in [-0.25, -0.2) is 4.98 Å². The van der Waals surface area contributed by atoms with Crippen LogP contribution in [0.1, 0.15) is 20.8 Å². The molecule has 1 N–H and O–H groups in total. The molecule has 1 aromatic rings. The highest BCUT2D eigenvalue weighted by Crippen LogP contribution is 2.12. The van der Waals surface area contributed by atoms with Gasteiger partial charge in [-0.15, -0.1) is 0 Å². The van der Waals surface area contributed by atoms with Gasteiger partial charge >= 0.3 is 0 Å². The lowest BCUT2D eigenvalue weighted by Crippen LogP contribution is -2.40. The molecule has 19 heavy (non-hydrogen) atoms. The highest BCUT2D eigenvalue weighted by atomic mass is 16.2. The zero-order valence-electron chi connectivity index (χ0n) is 12.3. The summed E-state index contributed by atoms with van der Waals surface area (Å²) in [7, 11) is 3.85. The normalized spacial score (nSPS) is 10.4. The highest BCUT2D eigenvalue weighted by Gasteiger charge is 2.13. The Hall–Kier alpha value is -1.85. The van der Waals surface area contributed by atoms with Gasteiger partial charge in [0.2, 0.25) is 11.9 Å². The van der Waals surface area contributed by atoms with Gasteiger partial charge in [-0.1, -0.05) is 0 Å². The van der Waals surface area contributed by atoms with Crippen molar-refractivity contribution in [2.24, 2.45) is 0 Å². The Balaban J connectivity index is 2.79. The fourth-order valence-electron chi connectivity index (χ4n) is 1.61. The molecule has 0 aliphatic rings. The van der Waals surface area contributed by atoms with Crippen LogP contribution in [-0.4, -0.2) is 49.1 Å². The van der Waals surface area contributed by atoms with Crippen LogP contribution in [0.3, 0.4) is 0 Å². The van der Waals surface area contributed by atoms with Crippen molar-refractivity contribution in [1.29, 1.82) is 0 Å². The average molecular weight is 265 g/mol. The second kappa shape index (κ2) is 6.92. The maximum Gasteiger partial charge on any atom is 0.239 e. The molecule has 0 saturated carbocycles. The number of nitrogens with zero attached hydrogens (tertiary/aromatic N) is 4. The first kappa shape index (κ1) is 15.2. The Labute approximate surface area is 114 Å². The van der Waals surface area contributed by atoms with E-state index in [4.69, 9.17) is 0 Å². The predicted molar refractivity (Wildman–Crippen MR) is 77.5 cm³/mol. The van der Waals surface area contributed by atoms with Crippen molar-refractivity contribution in [1.82, 2.24) is 15.3 Å². The van der Waals surface area contributed by atoms with Gasteiger partial charge in [0.25, 0.3) is 0 Å². The monoisotopic (exact) mass is 265 g/mol. The van der Waals surface area contributed by atoms with Gasteiger partial charge in [0.15, 0.2) is 0 Å². The molecule has 0 radical (unpaired) electrons. The van der Waals surface area contributed by atoms with E-state index in [-0.39, 0.29) is 18.5 Å². The summed E-state index contributed by atoms with van der Waals surface area (Å²) >= 11 is 0. The van der Waals surface area contributed by atoms with E-state index in [2.05, 4.69) is 15.3 Å². The van der Waals surface area contributed by atoms with E-state index in [1.165, 1.54) is 0 Å². The van der Waals surface area contributed by atoms with E-state index < -0.39 is 0 Å². The molecule has 0 fully saturated rings. The maximum atomic E-state index is 11.8. The van der Waals surface area contributed by atoms with Crippen molar-refractivity contribution in [2.45, 2.75) is 26.8 Å². The van der Waals surface area contributed by atoms with Crippen LogP contribution >= 0.6 is 0 Å². The van der Waals surface area contributed by atoms with Gasteiger partial charge in [-0.3, -0.25) is 4.79 Å². The van der Waals surface area contributed by atoms with Crippen LogP contribution in [0.2, 0.25) is 0 Å². The summed E-state index contributed by atoms with van der Waals surface area (Å²) < 4.78 is 0. The van der Waals surface area contributed by atoms with Crippen LogP contribution in [0.5, 0.6) is 0 Å².